The molecule has 0 aliphatic heterocycles. The van der Waals surface area contributed by atoms with Crippen molar-refractivity contribution in [3.8, 4) is 11.5 Å². The van der Waals surface area contributed by atoms with Crippen LogP contribution in [0.2, 0.25) is 0 Å². The van der Waals surface area contributed by atoms with Gasteiger partial charge >= 0.3 is 0 Å². The molecule has 0 saturated carbocycles. The first-order valence-electron chi connectivity index (χ1n) is 6.12. The molecule has 0 radical (unpaired) electrons. The van der Waals surface area contributed by atoms with E-state index in [1.165, 1.54) is 0 Å². The topological polar surface area (TPSA) is 48.1 Å². The summed E-state index contributed by atoms with van der Waals surface area (Å²) in [4.78, 5) is 4.30. The zero-order valence-corrected chi connectivity index (χ0v) is 10.6. The normalized spacial score (nSPS) is 10.6. The fourth-order valence-corrected chi connectivity index (χ4v) is 2.03. The lowest BCUT2D eigenvalue weighted by Crippen LogP contribution is -1.96. The van der Waals surface area contributed by atoms with Crippen LogP contribution in [0.3, 0.4) is 0 Å². The molecule has 19 heavy (non-hydrogen) atoms. The molecule has 0 bridgehead atoms. The van der Waals surface area contributed by atoms with E-state index in [2.05, 4.69) is 4.98 Å². The molecule has 94 valence electrons. The third kappa shape index (κ3) is 2.10. The van der Waals surface area contributed by atoms with E-state index in [9.17, 15) is 0 Å². The number of nitrogens with two attached hydrogens (primary N) is 1. The van der Waals surface area contributed by atoms with Crippen molar-refractivity contribution in [1.29, 1.82) is 0 Å². The smallest absolute Gasteiger partial charge is 0.161 e. The maximum Gasteiger partial charge on any atom is 0.161 e. The Morgan fingerprint density at radius 3 is 2.58 bits per heavy atom. The summed E-state index contributed by atoms with van der Waals surface area (Å²) < 4.78 is 5.99. The zero-order valence-electron chi connectivity index (χ0n) is 10.6. The lowest BCUT2D eigenvalue weighted by atomic mass is 10.2. The molecule has 0 aliphatic rings. The van der Waals surface area contributed by atoms with Crippen LogP contribution in [0, 0.1) is 6.92 Å². The van der Waals surface area contributed by atoms with Crippen molar-refractivity contribution < 1.29 is 4.74 Å². The van der Waals surface area contributed by atoms with Gasteiger partial charge in [0, 0.05) is 5.39 Å². The predicted octanol–water partition coefficient (Wildman–Crippen LogP) is 3.92. The minimum atomic E-state index is 0.543. The monoisotopic (exact) mass is 250 g/mol. The van der Waals surface area contributed by atoms with Crippen LogP contribution in [0.1, 0.15) is 5.56 Å². The van der Waals surface area contributed by atoms with E-state index in [0.717, 1.165) is 22.2 Å². The fraction of sp³-hybridized carbons (Fsp3) is 0.0625. The van der Waals surface area contributed by atoms with Gasteiger partial charge in [-0.3, -0.25) is 4.98 Å². The van der Waals surface area contributed by atoms with Crippen LogP contribution in [0.5, 0.6) is 11.5 Å². The Hall–Kier alpha value is -2.55. The summed E-state index contributed by atoms with van der Waals surface area (Å²) in [6.07, 6.45) is 1.63. The Bertz CT molecular complexity index is 738. The van der Waals surface area contributed by atoms with Crippen LogP contribution in [-0.4, -0.2) is 4.98 Å². The lowest BCUT2D eigenvalue weighted by Gasteiger charge is -2.12. The molecule has 1 aromatic heterocycles. The van der Waals surface area contributed by atoms with E-state index in [0.29, 0.717) is 11.4 Å². The molecule has 3 aromatic rings. The number of nitrogens with zero attached hydrogens (tertiary/aromatic N) is 1. The van der Waals surface area contributed by atoms with Gasteiger partial charge in [-0.2, -0.15) is 0 Å². The molecule has 0 amide bonds. The summed E-state index contributed by atoms with van der Waals surface area (Å²) >= 11 is 0. The van der Waals surface area contributed by atoms with Crippen molar-refractivity contribution in [2.75, 3.05) is 5.73 Å². The van der Waals surface area contributed by atoms with Gasteiger partial charge in [0.1, 0.15) is 5.75 Å². The summed E-state index contributed by atoms with van der Waals surface area (Å²) in [6, 6.07) is 15.7. The number of ether oxygens (including phenoxy) is 1. The summed E-state index contributed by atoms with van der Waals surface area (Å²) in [6.45, 7) is 2.01. The van der Waals surface area contributed by atoms with Crippen LogP contribution in [-0.2, 0) is 0 Å². The first kappa shape index (κ1) is 11.5. The van der Waals surface area contributed by atoms with Crippen LogP contribution < -0.4 is 10.5 Å². The Balaban J connectivity index is 2.15. The third-order valence-corrected chi connectivity index (χ3v) is 3.06. The number of anilines is 1. The van der Waals surface area contributed by atoms with Gasteiger partial charge < -0.3 is 10.5 Å². The number of rotatable bonds is 2. The molecule has 3 nitrogen and oxygen atoms in total. The first-order chi connectivity index (χ1) is 9.25. The number of aryl methyl sites for hydroxylation is 1. The Morgan fingerprint density at radius 2 is 1.74 bits per heavy atom. The van der Waals surface area contributed by atoms with E-state index in [-0.39, 0.29) is 0 Å². The second-order valence-corrected chi connectivity index (χ2v) is 4.43. The second kappa shape index (κ2) is 4.61. The van der Waals surface area contributed by atoms with Gasteiger partial charge in [0.2, 0.25) is 0 Å². The lowest BCUT2D eigenvalue weighted by molar-refractivity contribution is 0.486. The standard InChI is InChI=1S/C16H14N2O/c1-11-6-2-5-9-15(11)19-16-12-7-3-4-8-14(12)18-10-13(16)17/h2-10H,17H2,1H3. The quantitative estimate of drug-likeness (QED) is 0.750. The van der Waals surface area contributed by atoms with Crippen molar-refractivity contribution >= 4 is 16.6 Å². The molecule has 0 fully saturated rings. The highest BCUT2D eigenvalue weighted by Gasteiger charge is 2.09. The summed E-state index contributed by atoms with van der Waals surface area (Å²) in [7, 11) is 0. The number of benzene rings is 2. The highest BCUT2D eigenvalue weighted by molar-refractivity contribution is 5.89. The number of hydrogen-bond acceptors (Lipinski definition) is 3. The van der Waals surface area contributed by atoms with Crippen molar-refractivity contribution in [2.24, 2.45) is 0 Å². The molecule has 1 heterocycles. The van der Waals surface area contributed by atoms with Crippen LogP contribution in [0.4, 0.5) is 5.69 Å². The highest BCUT2D eigenvalue weighted by atomic mass is 16.5. The number of aromatic nitrogens is 1. The van der Waals surface area contributed by atoms with E-state index in [4.69, 9.17) is 10.5 Å². The second-order valence-electron chi connectivity index (χ2n) is 4.43. The zero-order chi connectivity index (χ0) is 13.2. The Kier molecular flexibility index (Phi) is 2.80. The molecule has 3 heteroatoms. The van der Waals surface area contributed by atoms with Gasteiger partial charge in [-0.25, -0.2) is 0 Å². The summed E-state index contributed by atoms with van der Waals surface area (Å²) in [5.74, 6) is 1.48. The van der Waals surface area contributed by atoms with Gasteiger partial charge in [-0.05, 0) is 30.7 Å². The molecule has 0 unspecified atom stereocenters. The summed E-state index contributed by atoms with van der Waals surface area (Å²) in [5, 5.41) is 0.922. The maximum absolute atomic E-state index is 6.00. The van der Waals surface area contributed by atoms with Crippen molar-refractivity contribution in [1.82, 2.24) is 4.98 Å². The minimum Gasteiger partial charge on any atom is -0.454 e. The average Bonchev–Trinajstić information content (AvgIpc) is 2.44. The molecular weight excluding hydrogens is 236 g/mol. The number of hydrogen-bond donors (Lipinski definition) is 1. The van der Waals surface area contributed by atoms with Gasteiger partial charge in [0.05, 0.1) is 17.4 Å². The average molecular weight is 250 g/mol. The molecule has 2 N–H and O–H groups in total. The van der Waals surface area contributed by atoms with E-state index >= 15 is 0 Å². The molecule has 3 rings (SSSR count). The van der Waals surface area contributed by atoms with Gasteiger partial charge in [-0.1, -0.05) is 30.3 Å². The van der Waals surface area contributed by atoms with Gasteiger partial charge in [-0.15, -0.1) is 0 Å². The number of nitrogen functional groups attached to an aromatic ring is 1. The molecule has 0 spiro atoms. The number of para-hydroxylation sites is 2. The number of pyridine rings is 1. The first-order valence-corrected chi connectivity index (χ1v) is 6.12. The van der Waals surface area contributed by atoms with E-state index in [1.807, 2.05) is 55.5 Å². The van der Waals surface area contributed by atoms with Gasteiger partial charge in [0.15, 0.2) is 5.75 Å². The SMILES string of the molecule is Cc1ccccc1Oc1c(N)cnc2ccccc12. The minimum absolute atomic E-state index is 0.543. The van der Waals surface area contributed by atoms with E-state index < -0.39 is 0 Å². The molecule has 2 aromatic carbocycles. The largest absolute Gasteiger partial charge is 0.454 e. The van der Waals surface area contributed by atoms with E-state index in [1.54, 1.807) is 6.20 Å². The number of fused-ring (bicyclic) bond motifs is 1. The Morgan fingerprint density at radius 1 is 1.00 bits per heavy atom. The van der Waals surface area contributed by atoms with Gasteiger partial charge in [0.25, 0.3) is 0 Å². The Labute approximate surface area is 111 Å². The van der Waals surface area contributed by atoms with Crippen molar-refractivity contribution in [3.63, 3.8) is 0 Å². The molecule has 0 atom stereocenters. The van der Waals surface area contributed by atoms with Crippen molar-refractivity contribution in [2.45, 2.75) is 6.92 Å². The molecule has 0 saturated heterocycles. The predicted molar refractivity (Wildman–Crippen MR) is 77.4 cm³/mol. The third-order valence-electron chi connectivity index (χ3n) is 3.06. The van der Waals surface area contributed by atoms with Crippen LogP contribution in [0.15, 0.2) is 54.7 Å². The molecular formula is C16H14N2O. The van der Waals surface area contributed by atoms with Crippen LogP contribution in [0.25, 0.3) is 10.9 Å². The van der Waals surface area contributed by atoms with Crippen molar-refractivity contribution in [3.05, 3.63) is 60.3 Å². The highest BCUT2D eigenvalue weighted by Crippen LogP contribution is 2.35. The maximum atomic E-state index is 6.00. The van der Waals surface area contributed by atoms with Crippen LogP contribution >= 0.6 is 0 Å². The molecule has 0 aliphatic carbocycles. The fourth-order valence-electron chi connectivity index (χ4n) is 2.03. The summed E-state index contributed by atoms with van der Waals surface area (Å²) in [5.41, 5.74) is 8.49.